The first-order valence-electron chi connectivity index (χ1n) is 6.12. The molecular weight excluding hydrogens is 273 g/mol. The zero-order valence-corrected chi connectivity index (χ0v) is 10.9. The van der Waals surface area contributed by atoms with Gasteiger partial charge in [-0.05, 0) is 24.1 Å². The van der Waals surface area contributed by atoms with Gasteiger partial charge in [0.2, 0.25) is 5.91 Å². The van der Waals surface area contributed by atoms with E-state index in [0.29, 0.717) is 12.1 Å². The van der Waals surface area contributed by atoms with Gasteiger partial charge in [-0.3, -0.25) is 4.79 Å². The molecule has 0 bridgehead atoms. The second-order valence-electron chi connectivity index (χ2n) is 4.26. The van der Waals surface area contributed by atoms with Crippen LogP contribution in [-0.2, 0) is 16.0 Å². The minimum Gasteiger partial charge on any atom is -0.399 e. The first kappa shape index (κ1) is 16.3. The fourth-order valence-corrected chi connectivity index (χ4v) is 1.48. The average Bonchev–Trinajstić information content (AvgIpc) is 2.36. The highest BCUT2D eigenvalue weighted by atomic mass is 19.4. The molecule has 4 nitrogen and oxygen atoms in total. The summed E-state index contributed by atoms with van der Waals surface area (Å²) in [5.41, 5.74) is 7.16. The molecule has 0 saturated heterocycles. The number of amides is 1. The van der Waals surface area contributed by atoms with E-state index in [9.17, 15) is 18.0 Å². The molecule has 0 unspecified atom stereocenters. The molecule has 0 heterocycles. The van der Waals surface area contributed by atoms with Crippen LogP contribution in [0.2, 0.25) is 0 Å². The Balaban J connectivity index is 2.10. The third-order valence-electron chi connectivity index (χ3n) is 2.45. The molecule has 7 heteroatoms. The van der Waals surface area contributed by atoms with Crippen molar-refractivity contribution in [2.24, 2.45) is 0 Å². The summed E-state index contributed by atoms with van der Waals surface area (Å²) in [5.74, 6) is -0.225. The summed E-state index contributed by atoms with van der Waals surface area (Å²) < 4.78 is 39.6. The van der Waals surface area contributed by atoms with Crippen LogP contribution in [-0.4, -0.2) is 31.8 Å². The van der Waals surface area contributed by atoms with Gasteiger partial charge in [-0.1, -0.05) is 12.1 Å². The zero-order chi connectivity index (χ0) is 15.0. The van der Waals surface area contributed by atoms with Crippen LogP contribution >= 0.6 is 0 Å². The number of hydrogen-bond acceptors (Lipinski definition) is 3. The van der Waals surface area contributed by atoms with Gasteiger partial charge in [0.1, 0.15) is 6.61 Å². The lowest BCUT2D eigenvalue weighted by Gasteiger charge is -2.08. The number of anilines is 1. The van der Waals surface area contributed by atoms with Crippen LogP contribution in [0.1, 0.15) is 12.0 Å². The van der Waals surface area contributed by atoms with Gasteiger partial charge in [-0.15, -0.1) is 0 Å². The summed E-state index contributed by atoms with van der Waals surface area (Å²) >= 11 is 0. The van der Waals surface area contributed by atoms with Gasteiger partial charge in [0, 0.05) is 18.7 Å². The number of nitrogen functional groups attached to an aromatic ring is 1. The van der Waals surface area contributed by atoms with Crippen LogP contribution in [0.5, 0.6) is 0 Å². The van der Waals surface area contributed by atoms with E-state index >= 15 is 0 Å². The molecule has 1 aromatic rings. The lowest BCUT2D eigenvalue weighted by atomic mass is 10.1. The Hall–Kier alpha value is -1.76. The molecule has 1 aromatic carbocycles. The lowest BCUT2D eigenvalue weighted by Crippen LogP contribution is -2.29. The van der Waals surface area contributed by atoms with Crippen LogP contribution in [0.4, 0.5) is 18.9 Å². The summed E-state index contributed by atoms with van der Waals surface area (Å²) in [6.07, 6.45) is -3.52. The highest BCUT2D eigenvalue weighted by Gasteiger charge is 2.27. The quantitative estimate of drug-likeness (QED) is 0.595. The Labute approximate surface area is 115 Å². The van der Waals surface area contributed by atoms with E-state index in [4.69, 9.17) is 5.73 Å². The van der Waals surface area contributed by atoms with Crippen LogP contribution in [0.25, 0.3) is 0 Å². The average molecular weight is 290 g/mol. The molecule has 20 heavy (non-hydrogen) atoms. The maximum absolute atomic E-state index is 11.8. The summed E-state index contributed by atoms with van der Waals surface area (Å²) in [6, 6.07) is 7.15. The molecular formula is C13H17F3N2O2. The fourth-order valence-electron chi connectivity index (χ4n) is 1.48. The van der Waals surface area contributed by atoms with Crippen molar-refractivity contribution in [3.63, 3.8) is 0 Å². The number of nitrogens with one attached hydrogen (secondary N) is 1. The Morgan fingerprint density at radius 1 is 1.25 bits per heavy atom. The van der Waals surface area contributed by atoms with E-state index in [1.807, 2.05) is 12.1 Å². The Morgan fingerprint density at radius 3 is 2.50 bits per heavy atom. The van der Waals surface area contributed by atoms with Crippen LogP contribution in [0.15, 0.2) is 24.3 Å². The number of carbonyl (C=O) groups is 1. The Kier molecular flexibility index (Phi) is 6.30. The van der Waals surface area contributed by atoms with E-state index in [0.717, 1.165) is 5.56 Å². The monoisotopic (exact) mass is 290 g/mol. The highest BCUT2D eigenvalue weighted by Crippen LogP contribution is 2.14. The number of nitrogens with two attached hydrogens (primary N) is 1. The van der Waals surface area contributed by atoms with Gasteiger partial charge in [0.25, 0.3) is 0 Å². The second-order valence-corrected chi connectivity index (χ2v) is 4.26. The Morgan fingerprint density at radius 2 is 1.90 bits per heavy atom. The van der Waals surface area contributed by atoms with Gasteiger partial charge in [-0.25, -0.2) is 0 Å². The molecule has 1 rings (SSSR count). The number of aryl methyl sites for hydroxylation is 1. The van der Waals surface area contributed by atoms with Crippen molar-refractivity contribution in [1.29, 1.82) is 0 Å². The van der Waals surface area contributed by atoms with Gasteiger partial charge < -0.3 is 15.8 Å². The van der Waals surface area contributed by atoms with E-state index in [2.05, 4.69) is 10.1 Å². The third kappa shape index (κ3) is 7.63. The molecule has 0 aromatic heterocycles. The fraction of sp³-hybridized carbons (Fsp3) is 0.462. The van der Waals surface area contributed by atoms with Crippen LogP contribution < -0.4 is 11.1 Å². The first-order valence-corrected chi connectivity index (χ1v) is 6.12. The summed E-state index contributed by atoms with van der Waals surface area (Å²) in [4.78, 5) is 11.4. The molecule has 0 fully saturated rings. The van der Waals surface area contributed by atoms with Crippen molar-refractivity contribution < 1.29 is 22.7 Å². The van der Waals surface area contributed by atoms with Crippen molar-refractivity contribution >= 4 is 11.6 Å². The van der Waals surface area contributed by atoms with Crippen molar-refractivity contribution in [3.8, 4) is 0 Å². The molecule has 3 N–H and O–H groups in total. The van der Waals surface area contributed by atoms with Crippen molar-refractivity contribution in [2.45, 2.75) is 19.0 Å². The topological polar surface area (TPSA) is 64.4 Å². The van der Waals surface area contributed by atoms with E-state index < -0.39 is 12.8 Å². The molecule has 0 spiro atoms. The number of hydrogen-bond donors (Lipinski definition) is 2. The highest BCUT2D eigenvalue weighted by molar-refractivity contribution is 5.76. The minimum atomic E-state index is -4.33. The molecule has 0 aliphatic heterocycles. The Bertz CT molecular complexity index is 419. The van der Waals surface area contributed by atoms with Crippen molar-refractivity contribution in [1.82, 2.24) is 5.32 Å². The SMILES string of the molecule is Nc1ccc(CCC(=O)NCCOCC(F)(F)F)cc1. The van der Waals surface area contributed by atoms with Gasteiger partial charge in [-0.2, -0.15) is 13.2 Å². The van der Waals surface area contributed by atoms with Crippen LogP contribution in [0, 0.1) is 0 Å². The normalized spacial score (nSPS) is 11.3. The van der Waals surface area contributed by atoms with E-state index in [1.54, 1.807) is 12.1 Å². The molecule has 0 aliphatic carbocycles. The zero-order valence-electron chi connectivity index (χ0n) is 10.9. The summed E-state index contributed by atoms with van der Waals surface area (Å²) in [7, 11) is 0. The number of carbonyl (C=O) groups excluding carboxylic acids is 1. The minimum absolute atomic E-state index is 0.0661. The molecule has 112 valence electrons. The molecule has 0 radical (unpaired) electrons. The number of alkyl halides is 3. The lowest BCUT2D eigenvalue weighted by molar-refractivity contribution is -0.173. The first-order chi connectivity index (χ1) is 9.37. The van der Waals surface area contributed by atoms with Gasteiger partial charge in [0.05, 0.1) is 6.61 Å². The number of benzene rings is 1. The molecule has 1 amide bonds. The smallest absolute Gasteiger partial charge is 0.399 e. The standard InChI is InChI=1S/C13H17F3N2O2/c14-13(15,16)9-20-8-7-18-12(19)6-3-10-1-4-11(17)5-2-10/h1-2,4-5H,3,6-9,17H2,(H,18,19). The number of ether oxygens (including phenoxy) is 1. The van der Waals surface area contributed by atoms with Crippen molar-refractivity contribution in [2.75, 3.05) is 25.5 Å². The number of rotatable bonds is 7. The van der Waals surface area contributed by atoms with E-state index in [1.165, 1.54) is 0 Å². The van der Waals surface area contributed by atoms with Gasteiger partial charge >= 0.3 is 6.18 Å². The second kappa shape index (κ2) is 7.74. The maximum Gasteiger partial charge on any atom is 0.411 e. The third-order valence-corrected chi connectivity index (χ3v) is 2.45. The maximum atomic E-state index is 11.8. The molecule has 0 aliphatic rings. The number of halogens is 3. The van der Waals surface area contributed by atoms with Crippen LogP contribution in [0.3, 0.4) is 0 Å². The molecule has 0 atom stereocenters. The van der Waals surface area contributed by atoms with Gasteiger partial charge in [0.15, 0.2) is 0 Å². The predicted molar refractivity (Wildman–Crippen MR) is 69.1 cm³/mol. The molecule has 0 saturated carbocycles. The van der Waals surface area contributed by atoms with E-state index in [-0.39, 0.29) is 25.5 Å². The van der Waals surface area contributed by atoms with Crippen molar-refractivity contribution in [3.05, 3.63) is 29.8 Å². The summed E-state index contributed by atoms with van der Waals surface area (Å²) in [5, 5.41) is 2.49. The predicted octanol–water partition coefficient (Wildman–Crippen LogP) is 1.90. The largest absolute Gasteiger partial charge is 0.411 e. The summed E-state index contributed by atoms with van der Waals surface area (Å²) in [6.45, 7) is -1.39.